The number of aliphatic hydroxyl groups excluding tert-OH is 1. The number of nitrogens with two attached hydrogens (primary N) is 6. The first-order valence-electron chi connectivity index (χ1n) is 26.1. The maximum atomic E-state index is 14.2. The molecule has 0 aliphatic carbocycles. The molecule has 0 rings (SSSR count). The molecule has 0 radical (unpaired) electrons. The summed E-state index contributed by atoms with van der Waals surface area (Å²) < 4.78 is 0. The highest BCUT2D eigenvalue weighted by Gasteiger charge is 2.35. The van der Waals surface area contributed by atoms with Gasteiger partial charge in [-0.25, -0.2) is 4.79 Å². The second-order valence-corrected chi connectivity index (χ2v) is 19.2. The van der Waals surface area contributed by atoms with E-state index in [9.17, 15) is 92.3 Å². The number of amides is 11. The molecule has 0 aliphatic rings. The number of carboxylic acid groups (broad SMARTS) is 4. The van der Waals surface area contributed by atoms with Crippen molar-refractivity contribution < 1.29 is 97.5 Å². The molecule has 0 aromatic rings. The number of aliphatic imine (C=N–C) groups is 1. The lowest BCUT2D eigenvalue weighted by molar-refractivity contribution is -0.144. The molecule has 0 fully saturated rings. The van der Waals surface area contributed by atoms with Gasteiger partial charge in [-0.3, -0.25) is 72.1 Å². The van der Waals surface area contributed by atoms with Gasteiger partial charge >= 0.3 is 23.9 Å². The average molecular weight is 1190 g/mol. The number of carbonyl (C=O) groups excluding carboxylic acids is 11. The third-order valence-electron chi connectivity index (χ3n) is 11.6. The summed E-state index contributed by atoms with van der Waals surface area (Å²) in [5, 5.41) is 67.3. The van der Waals surface area contributed by atoms with E-state index >= 15 is 0 Å². The van der Waals surface area contributed by atoms with E-state index in [2.05, 4.69) is 42.2 Å². The molecular weight excluding hydrogens is 1110 g/mol. The summed E-state index contributed by atoms with van der Waals surface area (Å²) >= 11 is 0. The van der Waals surface area contributed by atoms with Crippen molar-refractivity contribution in [1.29, 1.82) is 0 Å². The summed E-state index contributed by atoms with van der Waals surface area (Å²) in [6.45, 7) is 1.33. The number of nitrogens with zero attached hydrogens (tertiary/aromatic N) is 1. The number of carboxylic acids is 4. The van der Waals surface area contributed by atoms with Crippen LogP contribution in [-0.2, 0) is 71.9 Å². The smallest absolute Gasteiger partial charge is 0.326 e. The minimum absolute atomic E-state index is 0.00217. The van der Waals surface area contributed by atoms with Crippen molar-refractivity contribution in [2.24, 2.45) is 45.3 Å². The standard InChI is InChI=1S/C47H80N16O20/c1-22(2)18-30(63-41(77)24(6-3-4-16-48)57-38(74)23(49)19-33(51)66)44(80)58-25(7-5-17-54-47(52)53)40(76)60-27(8-12-32(50)65)42(78)59-26(9-13-35(68)69)39(75)55-20-34(67)56-31(21-64)45(81)61-28(10-14-36(70)71)43(79)62-29(46(82)83)11-15-37(72)73/h22-31,64H,3-21,48-49H2,1-2H3,(H2,50,65)(H2,51,66)(H,55,75)(H,56,67)(H,57,74)(H,58,80)(H,59,78)(H,60,76)(H,61,81)(H,62,79)(H,63,77)(H,68,69)(H,70,71)(H,72,73)(H,82,83)(H4,52,53,54)/t23-,24-,25-,26-,27-,28-,29-,30-,31-/m0/s1. The Balaban J connectivity index is 6.68. The van der Waals surface area contributed by atoms with Crippen LogP contribution < -0.4 is 82.3 Å². The van der Waals surface area contributed by atoms with E-state index in [1.54, 1.807) is 13.8 Å². The lowest BCUT2D eigenvalue weighted by atomic mass is 10.0. The van der Waals surface area contributed by atoms with Gasteiger partial charge in [-0.1, -0.05) is 13.8 Å². The fourth-order valence-corrected chi connectivity index (χ4v) is 7.34. The molecule has 36 heteroatoms. The minimum atomic E-state index is -1.93. The molecule has 26 N–H and O–H groups in total. The zero-order valence-corrected chi connectivity index (χ0v) is 46.0. The number of guanidine groups is 1. The number of aliphatic hydroxyl groups is 1. The summed E-state index contributed by atoms with van der Waals surface area (Å²) in [6.07, 6.45) is -5.38. The lowest BCUT2D eigenvalue weighted by Crippen LogP contribution is -2.60. The Labute approximate surface area is 475 Å². The number of rotatable bonds is 44. The van der Waals surface area contributed by atoms with E-state index in [0.29, 0.717) is 12.8 Å². The largest absolute Gasteiger partial charge is 0.481 e. The van der Waals surface area contributed by atoms with E-state index in [0.717, 1.165) is 0 Å². The topological polar surface area (TPSA) is 634 Å². The first-order chi connectivity index (χ1) is 38.8. The van der Waals surface area contributed by atoms with Gasteiger partial charge in [-0.2, -0.15) is 0 Å². The number of carbonyl (C=O) groups is 15. The van der Waals surface area contributed by atoms with Gasteiger partial charge in [-0.05, 0) is 76.7 Å². The molecule has 0 aliphatic heterocycles. The number of aliphatic carboxylic acids is 4. The molecule has 0 aromatic heterocycles. The third kappa shape index (κ3) is 32.9. The molecule has 11 amide bonds. The zero-order valence-electron chi connectivity index (χ0n) is 46.0. The Kier molecular flexibility index (Phi) is 35.4. The fraction of sp³-hybridized carbons (Fsp3) is 0.660. The van der Waals surface area contributed by atoms with Crippen LogP contribution in [0.4, 0.5) is 0 Å². The summed E-state index contributed by atoms with van der Waals surface area (Å²) in [7, 11) is 0. The second kappa shape index (κ2) is 39.6. The van der Waals surface area contributed by atoms with Crippen LogP contribution in [0.5, 0.6) is 0 Å². The van der Waals surface area contributed by atoms with Gasteiger partial charge < -0.3 is 108 Å². The molecule has 0 saturated heterocycles. The van der Waals surface area contributed by atoms with Crippen LogP contribution in [-0.4, -0.2) is 201 Å². The first kappa shape index (κ1) is 74.2. The van der Waals surface area contributed by atoms with Gasteiger partial charge in [0.05, 0.1) is 25.6 Å². The van der Waals surface area contributed by atoms with Crippen molar-refractivity contribution in [2.45, 2.75) is 165 Å². The zero-order chi connectivity index (χ0) is 63.5. The van der Waals surface area contributed by atoms with Crippen LogP contribution in [0.2, 0.25) is 0 Å². The van der Waals surface area contributed by atoms with Crippen molar-refractivity contribution >= 4 is 94.8 Å². The Bertz CT molecular complexity index is 2320. The van der Waals surface area contributed by atoms with Crippen LogP contribution in [0.3, 0.4) is 0 Å². The predicted molar refractivity (Wildman–Crippen MR) is 286 cm³/mol. The molecule has 0 heterocycles. The van der Waals surface area contributed by atoms with E-state index in [1.807, 2.05) is 10.6 Å². The normalized spacial score (nSPS) is 14.1. The summed E-state index contributed by atoms with van der Waals surface area (Å²) in [5.41, 5.74) is 32.8. The second-order valence-electron chi connectivity index (χ2n) is 19.2. The highest BCUT2D eigenvalue weighted by molar-refractivity contribution is 5.98. The molecule has 9 atom stereocenters. The number of hydrogen-bond acceptors (Lipinski definition) is 19. The quantitative estimate of drug-likeness (QED) is 0.0153. The maximum Gasteiger partial charge on any atom is 0.326 e. The highest BCUT2D eigenvalue weighted by Crippen LogP contribution is 2.12. The maximum absolute atomic E-state index is 14.2. The van der Waals surface area contributed by atoms with Gasteiger partial charge in [0, 0.05) is 32.2 Å². The minimum Gasteiger partial charge on any atom is -0.481 e. The SMILES string of the molecule is CC(C)C[C@H](NC(=O)[C@H](CCCCN)NC(=O)[C@@H](N)CC(N)=O)C(=O)N[C@@H](CCCN=C(N)N)C(=O)N[C@@H](CCC(N)=O)C(=O)N[C@@H](CCC(=O)O)C(=O)NCC(=O)N[C@@H](CO)C(=O)N[C@@H](CCC(=O)O)C(=O)N[C@@H](CCC(=O)O)C(=O)O. The summed E-state index contributed by atoms with van der Waals surface area (Å²) in [5.74, 6) is -18.5. The molecule has 468 valence electrons. The monoisotopic (exact) mass is 1190 g/mol. The van der Waals surface area contributed by atoms with Crippen molar-refractivity contribution in [3.05, 3.63) is 0 Å². The van der Waals surface area contributed by atoms with Crippen LogP contribution in [0.1, 0.15) is 110 Å². The number of primary amides is 2. The van der Waals surface area contributed by atoms with Gasteiger partial charge in [0.1, 0.15) is 48.3 Å². The Morgan fingerprint density at radius 3 is 1.24 bits per heavy atom. The van der Waals surface area contributed by atoms with Crippen LogP contribution in [0, 0.1) is 5.92 Å². The lowest BCUT2D eigenvalue weighted by Gasteiger charge is -2.28. The Hall–Kier alpha value is -8.80. The van der Waals surface area contributed by atoms with Crippen LogP contribution >= 0.6 is 0 Å². The molecule has 0 saturated carbocycles. The molecule has 0 aromatic carbocycles. The van der Waals surface area contributed by atoms with Crippen LogP contribution in [0.25, 0.3) is 0 Å². The number of hydrogen-bond donors (Lipinski definition) is 20. The van der Waals surface area contributed by atoms with E-state index < -0.39 is 214 Å². The molecule has 0 bridgehead atoms. The van der Waals surface area contributed by atoms with E-state index in [-0.39, 0.29) is 50.7 Å². The van der Waals surface area contributed by atoms with Crippen molar-refractivity contribution in [3.63, 3.8) is 0 Å². The fourth-order valence-electron chi connectivity index (χ4n) is 7.34. The summed E-state index contributed by atoms with van der Waals surface area (Å²) in [4.78, 5) is 194. The van der Waals surface area contributed by atoms with E-state index in [4.69, 9.17) is 39.5 Å². The van der Waals surface area contributed by atoms with Crippen molar-refractivity contribution in [2.75, 3.05) is 26.2 Å². The molecule has 36 nitrogen and oxygen atoms in total. The van der Waals surface area contributed by atoms with Gasteiger partial charge in [-0.15, -0.1) is 0 Å². The average Bonchev–Trinajstić information content (AvgIpc) is 3.44. The van der Waals surface area contributed by atoms with Crippen LogP contribution in [0.15, 0.2) is 4.99 Å². The third-order valence-corrected chi connectivity index (χ3v) is 11.6. The molecule has 0 unspecified atom stereocenters. The molecular formula is C47H80N16O20. The number of unbranched alkanes of at least 4 members (excludes halogenated alkanes) is 1. The number of nitrogens with one attached hydrogen (secondary N) is 9. The summed E-state index contributed by atoms with van der Waals surface area (Å²) in [6, 6.07) is -14.8. The Morgan fingerprint density at radius 2 is 0.831 bits per heavy atom. The van der Waals surface area contributed by atoms with Gasteiger partial charge in [0.2, 0.25) is 65.0 Å². The molecule has 0 spiro atoms. The van der Waals surface area contributed by atoms with Gasteiger partial charge in [0.15, 0.2) is 5.96 Å². The van der Waals surface area contributed by atoms with Gasteiger partial charge in [0.25, 0.3) is 0 Å². The van der Waals surface area contributed by atoms with Crippen molar-refractivity contribution in [1.82, 2.24) is 47.9 Å². The first-order valence-corrected chi connectivity index (χ1v) is 26.1. The highest BCUT2D eigenvalue weighted by atomic mass is 16.4. The Morgan fingerprint density at radius 1 is 0.446 bits per heavy atom. The van der Waals surface area contributed by atoms with E-state index in [1.165, 1.54) is 0 Å². The van der Waals surface area contributed by atoms with Crippen molar-refractivity contribution in [3.8, 4) is 0 Å². The predicted octanol–water partition coefficient (Wildman–Crippen LogP) is -8.65. The molecule has 83 heavy (non-hydrogen) atoms.